The number of carbonyl (C=O) groups excluding carboxylic acids is 3. The molecule has 5 nitrogen and oxygen atoms in total. The molecule has 0 aromatic heterocycles. The van der Waals surface area contributed by atoms with Gasteiger partial charge in [-0.1, -0.05) is 48.5 Å². The van der Waals surface area contributed by atoms with Crippen LogP contribution in [0.5, 0.6) is 5.75 Å². The van der Waals surface area contributed by atoms with E-state index < -0.39 is 0 Å². The quantitative estimate of drug-likeness (QED) is 0.353. The van der Waals surface area contributed by atoms with Crippen LogP contribution >= 0.6 is 0 Å². The van der Waals surface area contributed by atoms with E-state index in [0.717, 1.165) is 27.8 Å². The predicted octanol–water partition coefficient (Wildman–Crippen LogP) is 5.09. The Balaban J connectivity index is 1.35. The van der Waals surface area contributed by atoms with E-state index in [9.17, 15) is 14.4 Å². The maximum Gasteiger partial charge on any atom is 0.308 e. The zero-order valence-electron chi connectivity index (χ0n) is 17.5. The molecule has 158 valence electrons. The van der Waals surface area contributed by atoms with E-state index in [1.54, 1.807) is 42.5 Å². The number of rotatable bonds is 5. The Morgan fingerprint density at radius 3 is 2.28 bits per heavy atom. The van der Waals surface area contributed by atoms with Crippen LogP contribution in [-0.2, 0) is 16.0 Å². The second-order valence-electron chi connectivity index (χ2n) is 7.44. The summed E-state index contributed by atoms with van der Waals surface area (Å²) in [6, 6.07) is 21.9. The second-order valence-corrected chi connectivity index (χ2v) is 7.44. The molecule has 0 bridgehead atoms. The number of hydrogen-bond donors (Lipinski definition) is 1. The van der Waals surface area contributed by atoms with Crippen molar-refractivity contribution < 1.29 is 19.1 Å². The number of ketones is 1. The molecule has 5 heteroatoms. The van der Waals surface area contributed by atoms with Crippen molar-refractivity contribution in [3.05, 3.63) is 107 Å². The largest absolute Gasteiger partial charge is 0.427 e. The van der Waals surface area contributed by atoms with Crippen molar-refractivity contribution in [1.29, 1.82) is 0 Å². The zero-order valence-corrected chi connectivity index (χ0v) is 17.5. The Morgan fingerprint density at radius 1 is 0.906 bits per heavy atom. The topological polar surface area (TPSA) is 72.5 Å². The first kappa shape index (κ1) is 21.0. The molecule has 0 spiro atoms. The van der Waals surface area contributed by atoms with Crippen LogP contribution in [0, 0.1) is 0 Å². The van der Waals surface area contributed by atoms with Gasteiger partial charge in [-0.25, -0.2) is 0 Å². The molecule has 0 atom stereocenters. The van der Waals surface area contributed by atoms with E-state index in [-0.39, 0.29) is 17.7 Å². The van der Waals surface area contributed by atoms with Gasteiger partial charge in [-0.15, -0.1) is 0 Å². The summed E-state index contributed by atoms with van der Waals surface area (Å²) in [5, 5.41) is 2.81. The van der Waals surface area contributed by atoms with E-state index >= 15 is 0 Å². The molecule has 32 heavy (non-hydrogen) atoms. The van der Waals surface area contributed by atoms with Gasteiger partial charge in [0.25, 0.3) is 0 Å². The van der Waals surface area contributed by atoms with Crippen LogP contribution in [0.2, 0.25) is 0 Å². The lowest BCUT2D eigenvalue weighted by Crippen LogP contribution is -2.07. The summed E-state index contributed by atoms with van der Waals surface area (Å²) in [6.45, 7) is 1.34. The molecule has 0 fully saturated rings. The number of nitrogens with one attached hydrogen (secondary N) is 1. The first-order valence-electron chi connectivity index (χ1n) is 10.2. The number of ether oxygens (including phenoxy) is 1. The fourth-order valence-electron chi connectivity index (χ4n) is 3.50. The molecular formula is C27H21NO4. The van der Waals surface area contributed by atoms with Crippen molar-refractivity contribution in [2.24, 2.45) is 0 Å². The number of allylic oxidation sites excluding steroid dienone is 1. The lowest BCUT2D eigenvalue weighted by molar-refractivity contribution is -0.131. The molecular weight excluding hydrogens is 402 g/mol. The monoisotopic (exact) mass is 423 g/mol. The van der Waals surface area contributed by atoms with Gasteiger partial charge in [-0.05, 0) is 53.1 Å². The molecule has 1 N–H and O–H groups in total. The van der Waals surface area contributed by atoms with Gasteiger partial charge < -0.3 is 10.1 Å². The van der Waals surface area contributed by atoms with Gasteiger partial charge in [-0.2, -0.15) is 0 Å². The van der Waals surface area contributed by atoms with Crippen molar-refractivity contribution in [2.45, 2.75) is 13.3 Å². The Hall–Kier alpha value is -4.25. The van der Waals surface area contributed by atoms with Crippen LogP contribution in [-0.4, -0.2) is 17.7 Å². The lowest BCUT2D eigenvalue weighted by atomic mass is 10.1. The summed E-state index contributed by atoms with van der Waals surface area (Å²) in [4.78, 5) is 35.7. The number of benzene rings is 3. The Morgan fingerprint density at radius 2 is 1.59 bits per heavy atom. The number of esters is 1. The van der Waals surface area contributed by atoms with Crippen LogP contribution in [0.3, 0.4) is 0 Å². The lowest BCUT2D eigenvalue weighted by Gasteiger charge is -2.04. The number of fused-ring (bicyclic) bond motifs is 1. The van der Waals surface area contributed by atoms with Crippen molar-refractivity contribution in [3.63, 3.8) is 0 Å². The van der Waals surface area contributed by atoms with Crippen LogP contribution in [0.25, 0.3) is 12.2 Å². The summed E-state index contributed by atoms with van der Waals surface area (Å²) in [7, 11) is 0. The summed E-state index contributed by atoms with van der Waals surface area (Å²) in [5.41, 5.74) is 4.97. The molecule has 1 aliphatic carbocycles. The summed E-state index contributed by atoms with van der Waals surface area (Å²) < 4.78 is 4.98. The standard InChI is InChI=1S/C27H21NO4/c1-18(29)32-24-13-8-19(9-14-24)10-15-26(30)28-23-11-6-20(7-12-23)16-22-17-21-4-2-3-5-25(21)27(22)31/h2-16H,17H2,1H3,(H,28,30)/b15-10+,22-16+. The number of anilines is 1. The van der Waals surface area contributed by atoms with Gasteiger partial charge in [0, 0.05) is 36.2 Å². The zero-order chi connectivity index (χ0) is 22.5. The highest BCUT2D eigenvalue weighted by atomic mass is 16.5. The highest BCUT2D eigenvalue weighted by Crippen LogP contribution is 2.27. The second kappa shape index (κ2) is 9.27. The minimum Gasteiger partial charge on any atom is -0.427 e. The third-order valence-electron chi connectivity index (χ3n) is 5.02. The number of hydrogen-bond acceptors (Lipinski definition) is 4. The summed E-state index contributed by atoms with van der Waals surface area (Å²) in [5.74, 6) is -0.113. The first-order valence-corrected chi connectivity index (χ1v) is 10.2. The highest BCUT2D eigenvalue weighted by Gasteiger charge is 2.23. The smallest absolute Gasteiger partial charge is 0.308 e. The van der Waals surface area contributed by atoms with Crippen molar-refractivity contribution in [1.82, 2.24) is 0 Å². The molecule has 0 saturated heterocycles. The molecule has 3 aromatic carbocycles. The normalized spacial score (nSPS) is 13.9. The Kier molecular flexibility index (Phi) is 6.08. The number of carbonyl (C=O) groups is 3. The van der Waals surface area contributed by atoms with Crippen molar-refractivity contribution in [2.75, 3.05) is 5.32 Å². The predicted molar refractivity (Wildman–Crippen MR) is 124 cm³/mol. The van der Waals surface area contributed by atoms with Gasteiger partial charge in [0.15, 0.2) is 5.78 Å². The molecule has 0 saturated carbocycles. The number of Topliss-reactive ketones (excluding diaryl/α,β-unsaturated/α-hetero) is 1. The molecule has 0 aliphatic heterocycles. The van der Waals surface area contributed by atoms with Gasteiger partial charge in [0.1, 0.15) is 5.75 Å². The molecule has 3 aromatic rings. The van der Waals surface area contributed by atoms with Crippen molar-refractivity contribution >= 4 is 35.5 Å². The van der Waals surface area contributed by atoms with E-state index in [2.05, 4.69) is 5.32 Å². The highest BCUT2D eigenvalue weighted by molar-refractivity contribution is 6.15. The van der Waals surface area contributed by atoms with E-state index in [1.807, 2.05) is 42.5 Å². The SMILES string of the molecule is CC(=O)Oc1ccc(/C=C/C(=O)Nc2ccc(/C=C3\Cc4ccccc4C3=O)cc2)cc1. The van der Waals surface area contributed by atoms with Gasteiger partial charge >= 0.3 is 5.97 Å². The first-order chi connectivity index (χ1) is 15.5. The average molecular weight is 423 g/mol. The maximum atomic E-state index is 12.5. The van der Waals surface area contributed by atoms with Crippen LogP contribution in [0.4, 0.5) is 5.69 Å². The third-order valence-corrected chi connectivity index (χ3v) is 5.02. The van der Waals surface area contributed by atoms with Gasteiger partial charge in [-0.3, -0.25) is 14.4 Å². The fourth-order valence-corrected chi connectivity index (χ4v) is 3.50. The Bertz CT molecular complexity index is 1240. The molecule has 1 aliphatic rings. The summed E-state index contributed by atoms with van der Waals surface area (Å²) in [6.07, 6.45) is 5.65. The molecule has 0 unspecified atom stereocenters. The molecule has 0 heterocycles. The number of amides is 1. The molecule has 1 amide bonds. The minimum absolute atomic E-state index is 0.0732. The summed E-state index contributed by atoms with van der Waals surface area (Å²) >= 11 is 0. The average Bonchev–Trinajstić information content (AvgIpc) is 3.10. The van der Waals surface area contributed by atoms with E-state index in [4.69, 9.17) is 4.74 Å². The maximum absolute atomic E-state index is 12.5. The minimum atomic E-state index is -0.380. The molecule has 4 rings (SSSR count). The van der Waals surface area contributed by atoms with E-state index in [1.165, 1.54) is 13.0 Å². The van der Waals surface area contributed by atoms with Gasteiger partial charge in [0.2, 0.25) is 5.91 Å². The van der Waals surface area contributed by atoms with E-state index in [0.29, 0.717) is 17.9 Å². The van der Waals surface area contributed by atoms with Gasteiger partial charge in [0.05, 0.1) is 0 Å². The fraction of sp³-hybridized carbons (Fsp3) is 0.0741. The Labute approximate surface area is 186 Å². The molecule has 0 radical (unpaired) electrons. The van der Waals surface area contributed by atoms with Crippen molar-refractivity contribution in [3.8, 4) is 5.75 Å². The van der Waals surface area contributed by atoms with Crippen LogP contribution in [0.1, 0.15) is 34.0 Å². The third kappa shape index (κ3) is 5.08. The van der Waals surface area contributed by atoms with Crippen LogP contribution in [0.15, 0.2) is 84.4 Å². The van der Waals surface area contributed by atoms with Crippen LogP contribution < -0.4 is 10.1 Å².